The number of hydrogen-bond acceptors (Lipinski definition) is 2. The molecule has 0 amide bonds. The molecule has 0 saturated heterocycles. The minimum absolute atomic E-state index is 0.448. The summed E-state index contributed by atoms with van der Waals surface area (Å²) < 4.78 is 0. The Morgan fingerprint density at radius 3 is 2.27 bits per heavy atom. The zero-order chi connectivity index (χ0) is 18.9. The zero-order valence-electron chi connectivity index (χ0n) is 16.0. The molecule has 2 nitrogen and oxygen atoms in total. The Kier molecular flexibility index (Phi) is 10.2. The van der Waals surface area contributed by atoms with E-state index in [1.807, 2.05) is 6.21 Å². The second-order valence-electron chi connectivity index (χ2n) is 7.89. The van der Waals surface area contributed by atoms with Gasteiger partial charge in [0.1, 0.15) is 5.75 Å². The predicted molar refractivity (Wildman–Crippen MR) is 109 cm³/mol. The van der Waals surface area contributed by atoms with Crippen molar-refractivity contribution < 1.29 is 26.0 Å². The van der Waals surface area contributed by atoms with Gasteiger partial charge in [0, 0.05) is 17.8 Å². The second kappa shape index (κ2) is 11.9. The number of phenols is 1. The first-order valence-electron chi connectivity index (χ1n) is 9.88. The predicted octanol–water partition coefficient (Wildman–Crippen LogP) is 7.12. The van der Waals surface area contributed by atoms with Crippen LogP contribution in [0.25, 0.3) is 0 Å². The molecule has 5 heteroatoms. The van der Waals surface area contributed by atoms with Crippen LogP contribution in [0.4, 0.5) is 0 Å². The summed E-state index contributed by atoms with van der Waals surface area (Å²) in [6, 6.07) is 4.71. The van der Waals surface area contributed by atoms with Crippen molar-refractivity contribution in [2.45, 2.75) is 83.6 Å². The SMILES string of the molecule is Cc1cc(C=NC2CCC(C)CC2)c(O)c(C2CCCCC2)c1.[Cl][Zr][Cl]. The molecule has 0 aliphatic heterocycles. The third-order valence-corrected chi connectivity index (χ3v) is 5.77. The summed E-state index contributed by atoms with van der Waals surface area (Å²) in [5, 5.41) is 10.7. The average molecular weight is 476 g/mol. The van der Waals surface area contributed by atoms with Gasteiger partial charge in [0.25, 0.3) is 0 Å². The minimum atomic E-state index is -0.826. The van der Waals surface area contributed by atoms with Gasteiger partial charge in [0.2, 0.25) is 0 Å². The van der Waals surface area contributed by atoms with Gasteiger partial charge in [-0.05, 0) is 74.5 Å². The summed E-state index contributed by atoms with van der Waals surface area (Å²) in [6.45, 7) is 4.47. The van der Waals surface area contributed by atoms with Crippen molar-refractivity contribution in [2.75, 3.05) is 0 Å². The first kappa shape index (κ1) is 22.4. The molecule has 2 fully saturated rings. The fourth-order valence-corrected chi connectivity index (χ4v) is 4.24. The van der Waals surface area contributed by atoms with Crippen molar-refractivity contribution in [1.29, 1.82) is 0 Å². The van der Waals surface area contributed by atoms with Gasteiger partial charge in [-0.15, -0.1) is 0 Å². The standard InChI is InChI=1S/C21H31NO.2ClH.Zr/c1-15-8-10-19(11-9-15)22-14-18-12-16(2)13-20(21(18)23)17-6-4-3-5-7-17;;;/h12-15,17,19,23H,3-11H2,1-2H3;2*1H;/q;;;+2/p-2. The van der Waals surface area contributed by atoms with E-state index in [4.69, 9.17) is 22.0 Å². The number of nitrogens with zero attached hydrogens (tertiary/aromatic N) is 1. The van der Waals surface area contributed by atoms with Gasteiger partial charge >= 0.3 is 37.9 Å². The van der Waals surface area contributed by atoms with E-state index < -0.39 is 20.8 Å². The van der Waals surface area contributed by atoms with Crippen molar-refractivity contribution in [3.05, 3.63) is 28.8 Å². The molecule has 0 spiro atoms. The van der Waals surface area contributed by atoms with Crippen LogP contribution >= 0.6 is 17.0 Å². The molecule has 144 valence electrons. The van der Waals surface area contributed by atoms with Gasteiger partial charge in [-0.2, -0.15) is 0 Å². The van der Waals surface area contributed by atoms with Gasteiger partial charge in [-0.25, -0.2) is 0 Å². The van der Waals surface area contributed by atoms with Crippen LogP contribution in [-0.4, -0.2) is 17.4 Å². The molecular weight excluding hydrogens is 444 g/mol. The Hall–Kier alpha value is 0.153. The molecule has 0 atom stereocenters. The summed E-state index contributed by atoms with van der Waals surface area (Å²) in [7, 11) is 9.87. The first-order chi connectivity index (χ1) is 12.5. The maximum absolute atomic E-state index is 10.7. The molecule has 1 N–H and O–H groups in total. The Morgan fingerprint density at radius 2 is 1.65 bits per heavy atom. The molecule has 0 heterocycles. The number of aromatic hydroxyl groups is 1. The van der Waals surface area contributed by atoms with E-state index in [-0.39, 0.29) is 0 Å². The summed E-state index contributed by atoms with van der Waals surface area (Å²) >= 11 is -0.826. The van der Waals surface area contributed by atoms with Crippen LogP contribution in [0.2, 0.25) is 0 Å². The van der Waals surface area contributed by atoms with Crippen LogP contribution < -0.4 is 0 Å². The third kappa shape index (κ3) is 6.95. The number of benzene rings is 1. The van der Waals surface area contributed by atoms with E-state index in [0.717, 1.165) is 17.0 Å². The van der Waals surface area contributed by atoms with Crippen molar-refractivity contribution in [1.82, 2.24) is 0 Å². The molecule has 0 radical (unpaired) electrons. The molecule has 0 aromatic heterocycles. The fourth-order valence-electron chi connectivity index (χ4n) is 4.24. The van der Waals surface area contributed by atoms with Gasteiger partial charge in [-0.1, -0.05) is 32.3 Å². The van der Waals surface area contributed by atoms with Gasteiger partial charge in [0.05, 0.1) is 0 Å². The maximum atomic E-state index is 10.7. The van der Waals surface area contributed by atoms with E-state index in [2.05, 4.69) is 26.0 Å². The quantitative estimate of drug-likeness (QED) is 0.464. The molecule has 1 aromatic carbocycles. The van der Waals surface area contributed by atoms with Crippen LogP contribution in [-0.2, 0) is 20.8 Å². The number of hydrogen-bond donors (Lipinski definition) is 1. The molecule has 26 heavy (non-hydrogen) atoms. The van der Waals surface area contributed by atoms with E-state index >= 15 is 0 Å². The molecule has 0 bridgehead atoms. The number of aryl methyl sites for hydroxylation is 1. The molecule has 2 aliphatic rings. The Bertz CT molecular complexity index is 580. The van der Waals surface area contributed by atoms with E-state index in [9.17, 15) is 5.11 Å². The van der Waals surface area contributed by atoms with Crippen LogP contribution in [0, 0.1) is 12.8 Å². The van der Waals surface area contributed by atoms with Crippen LogP contribution in [0.5, 0.6) is 5.75 Å². The first-order valence-corrected chi connectivity index (χ1v) is 16.2. The second-order valence-corrected chi connectivity index (χ2v) is 11.6. The molecule has 1 aromatic rings. The Labute approximate surface area is 177 Å². The number of phenolic OH excluding ortho intramolecular Hbond substituents is 1. The summed E-state index contributed by atoms with van der Waals surface area (Å²) in [5.74, 6) is 1.87. The van der Waals surface area contributed by atoms with E-state index in [1.54, 1.807) is 0 Å². The van der Waals surface area contributed by atoms with Gasteiger partial charge in [-0.3, -0.25) is 4.99 Å². The average Bonchev–Trinajstić information content (AvgIpc) is 2.65. The van der Waals surface area contributed by atoms with Crippen LogP contribution in [0.3, 0.4) is 0 Å². The summed E-state index contributed by atoms with van der Waals surface area (Å²) in [5.41, 5.74) is 3.31. The fraction of sp³-hybridized carbons (Fsp3) is 0.667. The van der Waals surface area contributed by atoms with E-state index in [1.165, 1.54) is 63.4 Å². The Balaban J connectivity index is 0.000000758. The number of rotatable bonds is 3. The van der Waals surface area contributed by atoms with Crippen LogP contribution in [0.15, 0.2) is 17.1 Å². The van der Waals surface area contributed by atoms with Crippen molar-refractivity contribution in [3.63, 3.8) is 0 Å². The molecule has 3 rings (SSSR count). The topological polar surface area (TPSA) is 32.6 Å². The zero-order valence-corrected chi connectivity index (χ0v) is 19.9. The summed E-state index contributed by atoms with van der Waals surface area (Å²) in [6.07, 6.45) is 13.3. The molecule has 2 saturated carbocycles. The van der Waals surface area contributed by atoms with Crippen molar-refractivity contribution in [2.24, 2.45) is 10.9 Å². The van der Waals surface area contributed by atoms with Gasteiger partial charge in [0.15, 0.2) is 0 Å². The third-order valence-electron chi connectivity index (χ3n) is 5.77. The molecular formula is C21H31Cl2NOZr. The monoisotopic (exact) mass is 473 g/mol. The van der Waals surface area contributed by atoms with Crippen LogP contribution in [0.1, 0.15) is 87.3 Å². The molecule has 2 aliphatic carbocycles. The summed E-state index contributed by atoms with van der Waals surface area (Å²) in [4.78, 5) is 4.79. The van der Waals surface area contributed by atoms with Crippen molar-refractivity contribution >= 4 is 23.2 Å². The van der Waals surface area contributed by atoms with E-state index in [0.29, 0.717) is 17.7 Å². The number of halogens is 2. The van der Waals surface area contributed by atoms with Gasteiger partial charge < -0.3 is 5.11 Å². The normalized spacial score (nSPS) is 24.2. The Morgan fingerprint density at radius 1 is 1.04 bits per heavy atom. The van der Waals surface area contributed by atoms with Crippen molar-refractivity contribution in [3.8, 4) is 5.75 Å². The molecule has 0 unspecified atom stereocenters. The number of aliphatic imine (C=N–C) groups is 1.